The number of unbranched alkanes of at least 4 members (excludes halogenated alkanes) is 2. The van der Waals surface area contributed by atoms with Crippen molar-refractivity contribution < 1.29 is 42.7 Å². The Morgan fingerprint density at radius 2 is 1.16 bits per heavy atom. The second-order valence-corrected chi connectivity index (χ2v) is 14.0. The van der Waals surface area contributed by atoms with E-state index >= 15 is 0 Å². The maximum Gasteiger partial charge on any atom is 0.472 e. The van der Waals surface area contributed by atoms with Gasteiger partial charge in [0, 0.05) is 19.4 Å². The van der Waals surface area contributed by atoms with E-state index in [0.717, 1.165) is 57.8 Å². The summed E-state index contributed by atoms with van der Waals surface area (Å²) in [5, 5.41) is 9.98. The van der Waals surface area contributed by atoms with Gasteiger partial charge in [0.25, 0.3) is 0 Å². The summed E-state index contributed by atoms with van der Waals surface area (Å²) in [6.45, 7) is 3.24. The first-order valence-corrected chi connectivity index (χ1v) is 21.6. The van der Waals surface area contributed by atoms with E-state index in [-0.39, 0.29) is 32.6 Å². The van der Waals surface area contributed by atoms with Crippen LogP contribution in [-0.4, -0.2) is 60.5 Å². The summed E-state index contributed by atoms with van der Waals surface area (Å²) in [6, 6.07) is 0. The van der Waals surface area contributed by atoms with E-state index in [4.69, 9.17) is 24.3 Å². The normalized spacial score (nSPS) is 15.2. The molecule has 0 aromatic heterocycles. The number of phosphoric ester groups is 1. The number of nitrogens with two attached hydrogens (primary N) is 1. The van der Waals surface area contributed by atoms with Crippen LogP contribution in [0, 0.1) is 0 Å². The van der Waals surface area contributed by atoms with Gasteiger partial charge in [-0.15, -0.1) is 0 Å². The number of aliphatic hydroxyl groups is 1. The third kappa shape index (κ3) is 38.6. The van der Waals surface area contributed by atoms with Crippen LogP contribution in [0.2, 0.25) is 0 Å². The Hall–Kier alpha value is -3.63. The lowest BCUT2D eigenvalue weighted by Crippen LogP contribution is -2.29. The van der Waals surface area contributed by atoms with Crippen LogP contribution in [0.15, 0.2) is 122 Å². The lowest BCUT2D eigenvalue weighted by molar-refractivity contribution is -0.161. The third-order valence-corrected chi connectivity index (χ3v) is 8.42. The highest BCUT2D eigenvalue weighted by molar-refractivity contribution is 7.47. The Morgan fingerprint density at radius 3 is 1.75 bits per heavy atom. The maximum absolute atomic E-state index is 12.5. The molecule has 0 saturated carbocycles. The molecule has 0 aromatic carbocycles. The molecule has 4 N–H and O–H groups in total. The molecule has 0 aliphatic rings. The van der Waals surface area contributed by atoms with Gasteiger partial charge in [0.05, 0.1) is 19.3 Å². The number of phosphoric acid groups is 1. The Bertz CT molecular complexity index is 1340. The van der Waals surface area contributed by atoms with Crippen molar-refractivity contribution in [2.45, 2.75) is 122 Å². The van der Waals surface area contributed by atoms with Gasteiger partial charge in [0.2, 0.25) is 0 Å². The molecule has 0 bridgehead atoms. The lowest BCUT2D eigenvalue weighted by Gasteiger charge is -2.19. The third-order valence-electron chi connectivity index (χ3n) is 7.44. The molecule has 0 saturated heterocycles. The van der Waals surface area contributed by atoms with Crippen LogP contribution in [0.5, 0.6) is 0 Å². The minimum Gasteiger partial charge on any atom is -0.462 e. The van der Waals surface area contributed by atoms with Crippen molar-refractivity contribution in [2.24, 2.45) is 5.73 Å². The van der Waals surface area contributed by atoms with E-state index in [2.05, 4.69) is 80.7 Å². The summed E-state index contributed by atoms with van der Waals surface area (Å²) >= 11 is 0. The van der Waals surface area contributed by atoms with Crippen molar-refractivity contribution >= 4 is 19.8 Å². The number of carbonyl (C=O) groups is 2. The van der Waals surface area contributed by atoms with Crippen LogP contribution in [-0.2, 0) is 32.7 Å². The van der Waals surface area contributed by atoms with Gasteiger partial charge in [0.1, 0.15) is 6.61 Å². The van der Waals surface area contributed by atoms with Gasteiger partial charge >= 0.3 is 19.8 Å². The molecule has 0 fully saturated rings. The molecule has 11 heteroatoms. The van der Waals surface area contributed by atoms with E-state index in [0.29, 0.717) is 25.7 Å². The molecule has 0 rings (SSSR count). The highest BCUT2D eigenvalue weighted by atomic mass is 31.2. The standard InChI is InChI=1S/C45H70NO9P/c1-3-5-7-9-11-12-13-14-15-16-17-22-25-29-33-37-45(49)55-43(41-54-56(50,51)53-39-38-46)40-52-44(48)36-32-28-24-21-19-18-20-23-27-31-35-42(47)34-30-26-10-8-6-4-2/h5-8,11-12,14-15,17-19,22-24,26-28,30-31,35,42-43,47H,3-4,9-10,13,16,20-21,25,29,32-34,36-41,46H2,1-2H3,(H,50,51)/b7-5-,8-6-,12-11-,15-14-,19-18-,22-17-,27-23-,28-24-,30-26-,35-31+/t42?,43-/m1/s1. The molecule has 0 radical (unpaired) electrons. The average molecular weight is 800 g/mol. The number of ether oxygens (including phenoxy) is 2. The number of aliphatic hydroxyl groups excluding tert-OH is 1. The van der Waals surface area contributed by atoms with Gasteiger partial charge in [0.15, 0.2) is 6.10 Å². The molecular weight excluding hydrogens is 729 g/mol. The van der Waals surface area contributed by atoms with Gasteiger partial charge in [-0.25, -0.2) is 4.57 Å². The monoisotopic (exact) mass is 799 g/mol. The Kier molecular flexibility index (Phi) is 37.0. The SMILES string of the molecule is CC/C=C\C/C=C\C/C=C\C/C=C\CCCCC(=O)O[C@H](COC(=O)CC/C=C\C/C=C\C/C=C\C=C\C(O)C/C=C\C/C=C\CC)COP(=O)(O)OCCN. The Balaban J connectivity index is 4.48. The first-order chi connectivity index (χ1) is 27.2. The molecule has 56 heavy (non-hydrogen) atoms. The van der Waals surface area contributed by atoms with E-state index in [1.807, 2.05) is 48.6 Å². The number of allylic oxidation sites excluding steroid dienone is 18. The Labute approximate surface area is 337 Å². The largest absolute Gasteiger partial charge is 0.472 e. The zero-order valence-electron chi connectivity index (χ0n) is 33.9. The molecule has 0 heterocycles. The molecule has 0 aromatic rings. The van der Waals surface area contributed by atoms with Crippen LogP contribution in [0.4, 0.5) is 0 Å². The molecule has 2 unspecified atom stereocenters. The summed E-state index contributed by atoms with van der Waals surface area (Å²) in [5.41, 5.74) is 5.33. The van der Waals surface area contributed by atoms with Crippen molar-refractivity contribution in [3.63, 3.8) is 0 Å². The highest BCUT2D eigenvalue weighted by Gasteiger charge is 2.25. The number of rotatable bonds is 35. The number of hydrogen-bond acceptors (Lipinski definition) is 9. The predicted octanol–water partition coefficient (Wildman–Crippen LogP) is 10.3. The van der Waals surface area contributed by atoms with E-state index in [1.54, 1.807) is 6.08 Å². The summed E-state index contributed by atoms with van der Waals surface area (Å²) in [7, 11) is -4.42. The van der Waals surface area contributed by atoms with Gasteiger partial charge in [-0.05, 0) is 83.5 Å². The van der Waals surface area contributed by atoms with Crippen molar-refractivity contribution in [3.8, 4) is 0 Å². The molecule has 0 spiro atoms. The maximum atomic E-state index is 12.5. The van der Waals surface area contributed by atoms with E-state index in [1.165, 1.54) is 0 Å². The van der Waals surface area contributed by atoms with Crippen LogP contribution >= 0.6 is 7.82 Å². The van der Waals surface area contributed by atoms with Crippen molar-refractivity contribution in [1.82, 2.24) is 0 Å². The topological polar surface area (TPSA) is 155 Å². The summed E-state index contributed by atoms with van der Waals surface area (Å²) < 4.78 is 32.5. The second kappa shape index (κ2) is 39.6. The number of carbonyl (C=O) groups excluding carboxylic acids is 2. The minimum absolute atomic E-state index is 0.0217. The zero-order chi connectivity index (χ0) is 41.2. The minimum atomic E-state index is -4.42. The average Bonchev–Trinajstić information content (AvgIpc) is 3.18. The molecule has 314 valence electrons. The van der Waals surface area contributed by atoms with Crippen molar-refractivity contribution in [1.29, 1.82) is 0 Å². The smallest absolute Gasteiger partial charge is 0.462 e. The van der Waals surface area contributed by atoms with Gasteiger partial charge in [-0.3, -0.25) is 18.6 Å². The fourth-order valence-corrected chi connectivity index (χ4v) is 5.26. The predicted molar refractivity (Wildman–Crippen MR) is 230 cm³/mol. The van der Waals surface area contributed by atoms with Crippen LogP contribution in [0.3, 0.4) is 0 Å². The van der Waals surface area contributed by atoms with Gasteiger partial charge in [-0.1, -0.05) is 135 Å². The van der Waals surface area contributed by atoms with Gasteiger partial charge < -0.3 is 25.2 Å². The highest BCUT2D eigenvalue weighted by Crippen LogP contribution is 2.43. The first kappa shape index (κ1) is 52.4. The molecule has 0 aliphatic heterocycles. The van der Waals surface area contributed by atoms with Crippen molar-refractivity contribution in [3.05, 3.63) is 122 Å². The number of esters is 2. The molecule has 0 amide bonds. The Morgan fingerprint density at radius 1 is 0.625 bits per heavy atom. The lowest BCUT2D eigenvalue weighted by atomic mass is 10.2. The molecule has 0 aliphatic carbocycles. The molecular formula is C45H70NO9P. The van der Waals surface area contributed by atoms with E-state index < -0.39 is 38.6 Å². The summed E-state index contributed by atoms with van der Waals surface area (Å²) in [5.74, 6) is -1.02. The quantitative estimate of drug-likeness (QED) is 0.0185. The fourth-order valence-electron chi connectivity index (χ4n) is 4.50. The molecule has 10 nitrogen and oxygen atoms in total. The first-order valence-electron chi connectivity index (χ1n) is 20.1. The summed E-state index contributed by atoms with van der Waals surface area (Å²) in [6.07, 6.45) is 49.9. The van der Waals surface area contributed by atoms with Crippen molar-refractivity contribution in [2.75, 3.05) is 26.4 Å². The van der Waals surface area contributed by atoms with E-state index in [9.17, 15) is 24.2 Å². The summed E-state index contributed by atoms with van der Waals surface area (Å²) in [4.78, 5) is 34.8. The zero-order valence-corrected chi connectivity index (χ0v) is 34.8. The van der Waals surface area contributed by atoms with Crippen LogP contribution in [0.1, 0.15) is 110 Å². The van der Waals surface area contributed by atoms with Crippen LogP contribution < -0.4 is 5.73 Å². The van der Waals surface area contributed by atoms with Crippen LogP contribution in [0.25, 0.3) is 0 Å². The fraction of sp³-hybridized carbons (Fsp3) is 0.511. The second-order valence-electron chi connectivity index (χ2n) is 12.6. The number of hydrogen-bond donors (Lipinski definition) is 3. The van der Waals surface area contributed by atoms with Gasteiger partial charge in [-0.2, -0.15) is 0 Å². The molecule has 3 atom stereocenters.